The molecule has 0 bridgehead atoms. The number of halogens is 2. The van der Waals surface area contributed by atoms with Gasteiger partial charge >= 0.3 is 6.09 Å². The molecule has 0 atom stereocenters. The molecule has 1 aliphatic heterocycles. The summed E-state index contributed by atoms with van der Waals surface area (Å²) < 4.78 is 22.3. The summed E-state index contributed by atoms with van der Waals surface area (Å²) in [4.78, 5) is 22.0. The molecule has 3 aromatic rings. The molecule has 9 heteroatoms. The van der Waals surface area contributed by atoms with Crippen LogP contribution >= 0.6 is 11.6 Å². The van der Waals surface area contributed by atoms with E-state index in [4.69, 9.17) is 16.3 Å². The van der Waals surface area contributed by atoms with Crippen LogP contribution in [0.3, 0.4) is 0 Å². The van der Waals surface area contributed by atoms with Crippen LogP contribution < -0.4 is 0 Å². The van der Waals surface area contributed by atoms with Gasteiger partial charge in [-0.3, -0.25) is 0 Å². The first-order chi connectivity index (χ1) is 13.6. The van der Waals surface area contributed by atoms with E-state index in [1.54, 1.807) is 55.9 Å². The number of aromatic nitrogens is 4. The highest BCUT2D eigenvalue weighted by atomic mass is 35.5. The second-order valence-corrected chi connectivity index (χ2v) is 8.59. The average molecular weight is 418 g/mol. The number of hydrogen-bond acceptors (Lipinski definition) is 5. The standard InChI is InChI=1S/C20H21ClFN5O2/c1-12-13-9-23-16(21)8-14(13)27(25-12)17-7-5-6-15(24-17)20(22)10-26(11-20)18(28)29-19(2,3)4/h5-9H,10-11H2,1-4H3. The molecule has 0 aliphatic carbocycles. The number of alkyl halides is 1. The molecule has 0 N–H and O–H groups in total. The van der Waals surface area contributed by atoms with E-state index in [0.717, 1.165) is 16.6 Å². The van der Waals surface area contributed by atoms with Gasteiger partial charge in [0.15, 0.2) is 11.5 Å². The lowest BCUT2D eigenvalue weighted by atomic mass is 9.92. The van der Waals surface area contributed by atoms with Crippen molar-refractivity contribution in [2.75, 3.05) is 13.1 Å². The summed E-state index contributed by atoms with van der Waals surface area (Å²) in [6.07, 6.45) is 1.12. The Bertz CT molecular complexity index is 1100. The fraction of sp³-hybridized carbons (Fsp3) is 0.400. The van der Waals surface area contributed by atoms with Gasteiger partial charge in [-0.15, -0.1) is 0 Å². The van der Waals surface area contributed by atoms with Crippen molar-refractivity contribution in [3.63, 3.8) is 0 Å². The molecule has 3 aromatic heterocycles. The SMILES string of the molecule is Cc1nn(-c2cccc(C3(F)CN(C(=O)OC(C)(C)C)C3)n2)c2cc(Cl)ncc12. The van der Waals surface area contributed by atoms with Gasteiger partial charge in [-0.25, -0.2) is 23.8 Å². The monoisotopic (exact) mass is 417 g/mol. The summed E-state index contributed by atoms with van der Waals surface area (Å²) >= 11 is 6.03. The van der Waals surface area contributed by atoms with Crippen LogP contribution in [-0.4, -0.2) is 49.4 Å². The largest absolute Gasteiger partial charge is 0.444 e. The summed E-state index contributed by atoms with van der Waals surface area (Å²) in [6.45, 7) is 6.98. The minimum atomic E-state index is -1.73. The number of rotatable bonds is 2. The normalized spacial score (nSPS) is 16.0. The summed E-state index contributed by atoms with van der Waals surface area (Å²) in [6, 6.07) is 6.78. The lowest BCUT2D eigenvalue weighted by Crippen LogP contribution is -2.60. The zero-order chi connectivity index (χ0) is 21.0. The minimum Gasteiger partial charge on any atom is -0.444 e. The van der Waals surface area contributed by atoms with Gasteiger partial charge in [0.25, 0.3) is 0 Å². The Kier molecular flexibility index (Phi) is 4.49. The van der Waals surface area contributed by atoms with E-state index in [-0.39, 0.29) is 18.8 Å². The minimum absolute atomic E-state index is 0.104. The van der Waals surface area contributed by atoms with E-state index in [1.165, 1.54) is 4.90 Å². The quantitative estimate of drug-likeness (QED) is 0.584. The van der Waals surface area contributed by atoms with Crippen molar-refractivity contribution in [2.45, 2.75) is 39.0 Å². The number of ether oxygens (including phenoxy) is 1. The highest BCUT2D eigenvalue weighted by molar-refractivity contribution is 6.30. The van der Waals surface area contributed by atoms with Crippen LogP contribution in [0.25, 0.3) is 16.7 Å². The number of hydrogen-bond donors (Lipinski definition) is 0. The number of carbonyl (C=O) groups excluding carboxylic acids is 1. The van der Waals surface area contributed by atoms with Crippen molar-refractivity contribution in [1.29, 1.82) is 0 Å². The first-order valence-corrected chi connectivity index (χ1v) is 9.59. The number of carbonyl (C=O) groups is 1. The lowest BCUT2D eigenvalue weighted by molar-refractivity contribution is -0.0556. The van der Waals surface area contributed by atoms with E-state index >= 15 is 4.39 Å². The van der Waals surface area contributed by atoms with E-state index in [0.29, 0.717) is 11.0 Å². The third-order valence-corrected chi connectivity index (χ3v) is 4.87. The molecule has 0 saturated carbocycles. The molecule has 0 unspecified atom stereocenters. The van der Waals surface area contributed by atoms with Crippen molar-refractivity contribution in [3.05, 3.63) is 47.0 Å². The van der Waals surface area contributed by atoms with Crippen LogP contribution in [-0.2, 0) is 10.4 Å². The molecule has 0 spiro atoms. The molecule has 0 radical (unpaired) electrons. The summed E-state index contributed by atoms with van der Waals surface area (Å²) in [5.41, 5.74) is -0.602. The van der Waals surface area contributed by atoms with Crippen LogP contribution in [0.2, 0.25) is 5.15 Å². The maximum absolute atomic E-state index is 15.4. The van der Waals surface area contributed by atoms with Crippen molar-refractivity contribution in [3.8, 4) is 5.82 Å². The number of amides is 1. The Morgan fingerprint density at radius 3 is 2.72 bits per heavy atom. The van der Waals surface area contributed by atoms with Gasteiger partial charge in [-0.2, -0.15) is 5.10 Å². The van der Waals surface area contributed by atoms with Crippen LogP contribution in [0, 0.1) is 6.92 Å². The molecule has 1 amide bonds. The smallest absolute Gasteiger partial charge is 0.410 e. The van der Waals surface area contributed by atoms with Crippen LogP contribution in [0.5, 0.6) is 0 Å². The molecule has 1 fully saturated rings. The molecule has 0 aromatic carbocycles. The molecular weight excluding hydrogens is 397 g/mol. The second kappa shape index (κ2) is 6.66. The molecule has 1 saturated heterocycles. The average Bonchev–Trinajstić information content (AvgIpc) is 2.93. The number of pyridine rings is 2. The lowest BCUT2D eigenvalue weighted by Gasteiger charge is -2.43. The first kappa shape index (κ1) is 19.6. The number of likely N-dealkylation sites (tertiary alicyclic amines) is 1. The maximum atomic E-state index is 15.4. The van der Waals surface area contributed by atoms with Crippen molar-refractivity contribution < 1.29 is 13.9 Å². The highest BCUT2D eigenvalue weighted by Crippen LogP contribution is 2.36. The Morgan fingerprint density at radius 1 is 1.31 bits per heavy atom. The summed E-state index contributed by atoms with van der Waals surface area (Å²) in [5, 5.41) is 5.68. The number of aryl methyl sites for hydroxylation is 1. The number of fused-ring (bicyclic) bond motifs is 1. The van der Waals surface area contributed by atoms with Gasteiger partial charge in [0.2, 0.25) is 0 Å². The van der Waals surface area contributed by atoms with Crippen molar-refractivity contribution >= 4 is 28.6 Å². The fourth-order valence-corrected chi connectivity index (χ4v) is 3.43. The van der Waals surface area contributed by atoms with E-state index in [9.17, 15) is 4.79 Å². The van der Waals surface area contributed by atoms with Gasteiger partial charge in [0.1, 0.15) is 10.8 Å². The Hall–Kier alpha value is -2.74. The predicted molar refractivity (Wildman–Crippen MR) is 107 cm³/mol. The molecule has 4 rings (SSSR count). The second-order valence-electron chi connectivity index (χ2n) is 8.20. The zero-order valence-electron chi connectivity index (χ0n) is 16.6. The number of nitrogens with zero attached hydrogens (tertiary/aromatic N) is 5. The third kappa shape index (κ3) is 3.64. The molecule has 152 valence electrons. The topological polar surface area (TPSA) is 73.1 Å². The molecule has 29 heavy (non-hydrogen) atoms. The highest BCUT2D eigenvalue weighted by Gasteiger charge is 2.49. The van der Waals surface area contributed by atoms with Gasteiger partial charge in [0.05, 0.1) is 30.0 Å². The molecular formula is C20H21ClFN5O2. The fourth-order valence-electron chi connectivity index (χ4n) is 3.27. The van der Waals surface area contributed by atoms with Crippen molar-refractivity contribution in [2.24, 2.45) is 0 Å². The van der Waals surface area contributed by atoms with Crippen molar-refractivity contribution in [1.82, 2.24) is 24.6 Å². The first-order valence-electron chi connectivity index (χ1n) is 9.21. The van der Waals surface area contributed by atoms with Crippen LogP contribution in [0.15, 0.2) is 30.5 Å². The summed E-state index contributed by atoms with van der Waals surface area (Å²) in [7, 11) is 0. The third-order valence-electron chi connectivity index (χ3n) is 4.66. The Morgan fingerprint density at radius 2 is 2.03 bits per heavy atom. The van der Waals surface area contributed by atoms with Gasteiger partial charge < -0.3 is 9.64 Å². The van der Waals surface area contributed by atoms with E-state index in [1.807, 2.05) is 6.92 Å². The predicted octanol–water partition coefficient (Wildman–Crippen LogP) is 4.19. The Labute approximate surface area is 172 Å². The Balaban J connectivity index is 1.61. The van der Waals surface area contributed by atoms with Crippen LogP contribution in [0.4, 0.5) is 9.18 Å². The summed E-state index contributed by atoms with van der Waals surface area (Å²) in [5.74, 6) is 0.468. The van der Waals surface area contributed by atoms with E-state index in [2.05, 4.69) is 15.1 Å². The van der Waals surface area contributed by atoms with Gasteiger partial charge in [-0.1, -0.05) is 17.7 Å². The maximum Gasteiger partial charge on any atom is 0.410 e. The molecule has 7 nitrogen and oxygen atoms in total. The van der Waals surface area contributed by atoms with Gasteiger partial charge in [-0.05, 0) is 39.8 Å². The van der Waals surface area contributed by atoms with Crippen LogP contribution in [0.1, 0.15) is 32.2 Å². The molecule has 1 aliphatic rings. The van der Waals surface area contributed by atoms with E-state index < -0.39 is 17.4 Å². The zero-order valence-corrected chi connectivity index (χ0v) is 17.4. The molecule has 4 heterocycles. The van der Waals surface area contributed by atoms with Gasteiger partial charge in [0, 0.05) is 17.6 Å².